The highest BCUT2D eigenvalue weighted by Gasteiger charge is 2.24. The second-order valence-corrected chi connectivity index (χ2v) is 6.64. The van der Waals surface area contributed by atoms with Gasteiger partial charge in [-0.1, -0.05) is 11.6 Å². The third-order valence-corrected chi connectivity index (χ3v) is 4.81. The van der Waals surface area contributed by atoms with Crippen molar-refractivity contribution >= 4 is 21.6 Å². The molecule has 0 aliphatic rings. The number of sulfonamides is 1. The predicted octanol–water partition coefficient (Wildman–Crippen LogP) is 2.69. The molecule has 0 unspecified atom stereocenters. The van der Waals surface area contributed by atoms with Crippen molar-refractivity contribution in [3.05, 3.63) is 59.1 Å². The van der Waals surface area contributed by atoms with Gasteiger partial charge in [0.25, 0.3) is 0 Å². The van der Waals surface area contributed by atoms with Crippen molar-refractivity contribution in [1.29, 1.82) is 0 Å². The third-order valence-electron chi connectivity index (χ3n) is 2.74. The molecule has 2 aromatic rings. The first kappa shape index (κ1) is 14.9. The van der Waals surface area contributed by atoms with Crippen LogP contribution in [0.1, 0.15) is 5.56 Å². The minimum absolute atomic E-state index is 0.132. The van der Waals surface area contributed by atoms with Gasteiger partial charge < -0.3 is 0 Å². The topological polar surface area (TPSA) is 50.3 Å². The van der Waals surface area contributed by atoms with Crippen LogP contribution in [0.5, 0.6) is 0 Å². The number of benzene rings is 1. The van der Waals surface area contributed by atoms with E-state index in [1.807, 2.05) is 0 Å². The largest absolute Gasteiger partial charge is 0.265 e. The summed E-state index contributed by atoms with van der Waals surface area (Å²) >= 11 is 5.62. The van der Waals surface area contributed by atoms with Gasteiger partial charge in [0, 0.05) is 31.0 Å². The van der Waals surface area contributed by atoms with Gasteiger partial charge in [-0.15, -0.1) is 0 Å². The Morgan fingerprint density at radius 1 is 1.25 bits per heavy atom. The molecule has 7 heteroatoms. The van der Waals surface area contributed by atoms with Gasteiger partial charge in [-0.3, -0.25) is 4.98 Å². The van der Waals surface area contributed by atoms with E-state index >= 15 is 0 Å². The van der Waals surface area contributed by atoms with Crippen molar-refractivity contribution in [2.45, 2.75) is 11.4 Å². The van der Waals surface area contributed by atoms with Crippen LogP contribution < -0.4 is 0 Å². The van der Waals surface area contributed by atoms with E-state index in [4.69, 9.17) is 11.6 Å². The zero-order chi connectivity index (χ0) is 14.8. The first-order valence-corrected chi connectivity index (χ1v) is 7.53. The summed E-state index contributed by atoms with van der Waals surface area (Å²) in [5.74, 6) is -0.862. The molecule has 0 aliphatic heterocycles. The molecular formula is C13H12ClFN2O2S. The number of aromatic nitrogens is 1. The summed E-state index contributed by atoms with van der Waals surface area (Å²) in [6, 6.07) is 6.89. The Balaban J connectivity index is 2.30. The molecule has 2 rings (SSSR count). The third kappa shape index (κ3) is 3.15. The average Bonchev–Trinajstić information content (AvgIpc) is 2.39. The minimum Gasteiger partial charge on any atom is -0.265 e. The molecule has 0 aliphatic carbocycles. The van der Waals surface area contributed by atoms with Gasteiger partial charge in [0.2, 0.25) is 10.0 Å². The van der Waals surface area contributed by atoms with Crippen LogP contribution in [0.3, 0.4) is 0 Å². The van der Waals surface area contributed by atoms with Gasteiger partial charge in [-0.2, -0.15) is 4.31 Å². The fraction of sp³-hybridized carbons (Fsp3) is 0.154. The van der Waals surface area contributed by atoms with Crippen molar-refractivity contribution < 1.29 is 12.8 Å². The first-order valence-electron chi connectivity index (χ1n) is 5.71. The summed E-state index contributed by atoms with van der Waals surface area (Å²) < 4.78 is 39.4. The van der Waals surface area contributed by atoms with Crippen LogP contribution >= 0.6 is 11.6 Å². The molecule has 0 N–H and O–H groups in total. The molecule has 0 saturated heterocycles. The highest BCUT2D eigenvalue weighted by Crippen LogP contribution is 2.22. The maximum Gasteiger partial charge on any atom is 0.246 e. The summed E-state index contributed by atoms with van der Waals surface area (Å²) in [6.45, 7) is 0.132. The van der Waals surface area contributed by atoms with Gasteiger partial charge in [0.15, 0.2) is 0 Å². The molecule has 20 heavy (non-hydrogen) atoms. The number of nitrogens with zero attached hydrogens (tertiary/aromatic N) is 2. The summed E-state index contributed by atoms with van der Waals surface area (Å²) in [4.78, 5) is 3.46. The molecule has 0 fully saturated rings. The maximum absolute atomic E-state index is 13.7. The van der Waals surface area contributed by atoms with E-state index in [2.05, 4.69) is 4.98 Å². The van der Waals surface area contributed by atoms with E-state index in [1.54, 1.807) is 24.5 Å². The van der Waals surface area contributed by atoms with E-state index < -0.39 is 20.7 Å². The van der Waals surface area contributed by atoms with E-state index in [9.17, 15) is 12.8 Å². The summed E-state index contributed by atoms with van der Waals surface area (Å²) in [6.07, 6.45) is 3.14. The average molecular weight is 315 g/mol. The number of pyridine rings is 1. The van der Waals surface area contributed by atoms with E-state index in [1.165, 1.54) is 13.1 Å². The van der Waals surface area contributed by atoms with Crippen molar-refractivity contribution in [3.8, 4) is 0 Å². The second kappa shape index (κ2) is 5.87. The van der Waals surface area contributed by atoms with Crippen LogP contribution in [0.25, 0.3) is 0 Å². The molecule has 0 saturated carbocycles. The Kier molecular flexibility index (Phi) is 4.37. The van der Waals surface area contributed by atoms with Crippen LogP contribution in [0, 0.1) is 5.82 Å². The summed E-state index contributed by atoms with van der Waals surface area (Å²) in [5.41, 5.74) is 0.764. The first-order chi connectivity index (χ1) is 9.41. The standard InChI is InChI=1S/C13H12ClFN2O2S/c1-17(9-10-4-6-16-7-5-10)20(18,19)13-3-2-11(14)8-12(13)15/h2-8H,9H2,1H3. The monoisotopic (exact) mass is 314 g/mol. The molecule has 0 bridgehead atoms. The lowest BCUT2D eigenvalue weighted by atomic mass is 10.3. The zero-order valence-corrected chi connectivity index (χ0v) is 12.2. The van der Waals surface area contributed by atoms with Gasteiger partial charge in [-0.25, -0.2) is 12.8 Å². The lowest BCUT2D eigenvalue weighted by Crippen LogP contribution is -2.27. The fourth-order valence-electron chi connectivity index (χ4n) is 1.68. The minimum atomic E-state index is -3.91. The second-order valence-electron chi connectivity index (χ2n) is 4.19. The highest BCUT2D eigenvalue weighted by molar-refractivity contribution is 7.89. The van der Waals surface area contributed by atoms with Crippen LogP contribution in [0.15, 0.2) is 47.6 Å². The van der Waals surface area contributed by atoms with Crippen molar-refractivity contribution in [3.63, 3.8) is 0 Å². The Bertz CT molecular complexity index is 708. The molecule has 4 nitrogen and oxygen atoms in total. The van der Waals surface area contributed by atoms with Crippen molar-refractivity contribution in [2.75, 3.05) is 7.05 Å². The zero-order valence-electron chi connectivity index (χ0n) is 10.6. The number of hydrogen-bond donors (Lipinski definition) is 0. The Labute approximate surface area is 121 Å². The van der Waals surface area contributed by atoms with Crippen molar-refractivity contribution in [2.24, 2.45) is 0 Å². The lowest BCUT2D eigenvalue weighted by molar-refractivity contribution is 0.460. The Morgan fingerprint density at radius 2 is 1.90 bits per heavy atom. The Morgan fingerprint density at radius 3 is 2.50 bits per heavy atom. The van der Waals surface area contributed by atoms with Crippen LogP contribution in [0.4, 0.5) is 4.39 Å². The fourth-order valence-corrected chi connectivity index (χ4v) is 3.04. The van der Waals surface area contributed by atoms with Gasteiger partial charge in [0.1, 0.15) is 10.7 Å². The van der Waals surface area contributed by atoms with Gasteiger partial charge in [0.05, 0.1) is 0 Å². The number of hydrogen-bond acceptors (Lipinski definition) is 3. The van der Waals surface area contributed by atoms with Crippen LogP contribution in [-0.2, 0) is 16.6 Å². The smallest absolute Gasteiger partial charge is 0.246 e. The summed E-state index contributed by atoms with van der Waals surface area (Å²) in [7, 11) is -2.51. The quantitative estimate of drug-likeness (QED) is 0.872. The molecule has 0 amide bonds. The molecule has 0 radical (unpaired) electrons. The highest BCUT2D eigenvalue weighted by atomic mass is 35.5. The van der Waals surface area contributed by atoms with Gasteiger partial charge in [-0.05, 0) is 35.9 Å². The van der Waals surface area contributed by atoms with Gasteiger partial charge >= 0.3 is 0 Å². The summed E-state index contributed by atoms with van der Waals surface area (Å²) in [5, 5.41) is 0.151. The predicted molar refractivity (Wildman–Crippen MR) is 74.3 cm³/mol. The molecule has 0 atom stereocenters. The maximum atomic E-state index is 13.7. The van der Waals surface area contributed by atoms with E-state index in [0.717, 1.165) is 22.0 Å². The van der Waals surface area contributed by atoms with Crippen LogP contribution in [-0.4, -0.2) is 24.8 Å². The molecular weight excluding hydrogens is 303 g/mol. The lowest BCUT2D eigenvalue weighted by Gasteiger charge is -2.17. The molecule has 0 spiro atoms. The molecule has 1 heterocycles. The number of rotatable bonds is 4. The number of halogens is 2. The van der Waals surface area contributed by atoms with Crippen molar-refractivity contribution in [1.82, 2.24) is 9.29 Å². The molecule has 1 aromatic heterocycles. The van der Waals surface area contributed by atoms with E-state index in [-0.39, 0.29) is 11.6 Å². The molecule has 1 aromatic carbocycles. The SMILES string of the molecule is CN(Cc1ccncc1)S(=O)(=O)c1ccc(Cl)cc1F. The normalized spacial score (nSPS) is 11.8. The van der Waals surface area contributed by atoms with Crippen LogP contribution in [0.2, 0.25) is 5.02 Å². The Hall–Kier alpha value is -1.50. The molecule has 106 valence electrons. The van der Waals surface area contributed by atoms with E-state index in [0.29, 0.717) is 0 Å².